The van der Waals surface area contributed by atoms with Gasteiger partial charge in [-0.2, -0.15) is 17.5 Å². The topological polar surface area (TPSA) is 51.6 Å². The highest BCUT2D eigenvalue weighted by atomic mass is 32.1. The summed E-state index contributed by atoms with van der Waals surface area (Å²) in [6, 6.07) is 13.3. The van der Waals surface area contributed by atoms with Gasteiger partial charge in [-0.3, -0.25) is 0 Å². The van der Waals surface area contributed by atoms with Crippen molar-refractivity contribution < 1.29 is 8.78 Å². The van der Waals surface area contributed by atoms with Gasteiger partial charge in [-0.1, -0.05) is 387 Å². The summed E-state index contributed by atoms with van der Waals surface area (Å²) < 4.78 is 49.4. The zero-order valence-electron chi connectivity index (χ0n) is 70.9. The molecule has 0 radical (unpaired) electrons. The summed E-state index contributed by atoms with van der Waals surface area (Å²) in [6.45, 7) is 17.6. The fraction of sp³-hybridized carbons (Fsp3) is 0.714. The maximum atomic E-state index is 15.8. The molecule has 612 valence electrons. The molecular weight excluding hydrogens is 1460 g/mol. The Bertz CT molecular complexity index is 3750. The molecule has 2 aromatic carbocycles. The van der Waals surface area contributed by atoms with Crippen LogP contribution in [0.2, 0.25) is 0 Å². The molecule has 10 rings (SSSR count). The number of aromatic nitrogens is 4. The number of hydrogen-bond acceptors (Lipinski definition) is 10. The summed E-state index contributed by atoms with van der Waals surface area (Å²) in [7, 11) is 0. The predicted octanol–water partition coefficient (Wildman–Crippen LogP) is 36.5. The zero-order valence-corrected chi connectivity index (χ0v) is 75.8. The van der Waals surface area contributed by atoms with E-state index in [2.05, 4.69) is 83.3 Å². The first-order chi connectivity index (χ1) is 54.0. The maximum absolute atomic E-state index is 15.8. The van der Waals surface area contributed by atoms with E-state index in [-0.39, 0.29) is 22.5 Å². The van der Waals surface area contributed by atoms with E-state index in [4.69, 9.17) is 0 Å². The van der Waals surface area contributed by atoms with Crippen LogP contribution in [0.15, 0.2) is 36.4 Å². The largest absolute Gasteiger partial charge is 0.207 e. The van der Waals surface area contributed by atoms with Gasteiger partial charge in [0.25, 0.3) is 0 Å². The second kappa shape index (κ2) is 51.1. The third kappa shape index (κ3) is 26.9. The van der Waals surface area contributed by atoms with Crippen LogP contribution in [-0.2, 0) is 10.8 Å². The minimum atomic E-state index is -0.174. The van der Waals surface area contributed by atoms with Crippen LogP contribution in [-0.4, -0.2) is 17.5 Å². The first-order valence-corrected chi connectivity index (χ1v) is 51.1. The number of benzene rings is 2. The number of nitrogens with zero attached hydrogens (tertiary/aromatic N) is 4. The standard InChI is InChI=1S/2C49H75FN2S3/c1-5-7-9-11-13-15-17-19-21-23-25-27-29-31-33-49(34-32-30-28-26-24-22-20-18-16-14-12-10-8-6-2)41-35-38(3)53-47(41)48-42(49)37-44(54-48)40-36-43(50)39(4)45-46(40)52-55-51-45;1-5-7-9-11-13-15-17-19-21-23-25-27-29-31-33-49(34-32-30-28-26-24-22-20-18-16-14-12-10-8-6-2)40-36-39(4)53-47(40)48-41(49)37-43(54-48)44-42(50)35-38(3)45-46(44)52-55-51-45/h2*35-37H,5-34H2,1-4H3. The van der Waals surface area contributed by atoms with Gasteiger partial charge in [-0.15, -0.1) is 45.3 Å². The summed E-state index contributed by atoms with van der Waals surface area (Å²) in [5.74, 6) is -0.336. The molecule has 0 N–H and O–H groups in total. The Morgan fingerprint density at radius 2 is 0.527 bits per heavy atom. The van der Waals surface area contributed by atoms with Crippen LogP contribution in [0.3, 0.4) is 0 Å². The van der Waals surface area contributed by atoms with Crippen LogP contribution in [0.5, 0.6) is 0 Å². The number of thiophene rings is 4. The highest BCUT2D eigenvalue weighted by Crippen LogP contribution is 2.63. The highest BCUT2D eigenvalue weighted by molar-refractivity contribution is 7.25. The van der Waals surface area contributed by atoms with Gasteiger partial charge in [0, 0.05) is 61.0 Å². The van der Waals surface area contributed by atoms with Crippen molar-refractivity contribution in [1.82, 2.24) is 17.5 Å². The fourth-order valence-electron chi connectivity index (χ4n) is 18.8. The lowest BCUT2D eigenvalue weighted by atomic mass is 9.71. The van der Waals surface area contributed by atoms with E-state index in [0.717, 1.165) is 42.9 Å². The molecule has 0 amide bonds. The van der Waals surface area contributed by atoms with Crippen molar-refractivity contribution in [2.75, 3.05) is 0 Å². The first kappa shape index (κ1) is 90.7. The molecule has 0 bridgehead atoms. The van der Waals surface area contributed by atoms with Crippen molar-refractivity contribution in [3.8, 4) is 40.4 Å². The molecule has 6 aromatic heterocycles. The molecular formula is C98H150F2N4S6. The van der Waals surface area contributed by atoms with E-state index < -0.39 is 0 Å². The average Bonchev–Trinajstić information content (AvgIpc) is 1.55. The van der Waals surface area contributed by atoms with Crippen molar-refractivity contribution >= 4 is 90.9 Å². The summed E-state index contributed by atoms with van der Waals surface area (Å²) in [6.07, 6.45) is 82.9. The molecule has 0 unspecified atom stereocenters. The van der Waals surface area contributed by atoms with E-state index in [0.29, 0.717) is 11.1 Å². The number of fused-ring (bicyclic) bond motifs is 8. The van der Waals surface area contributed by atoms with Crippen LogP contribution >= 0.6 is 68.8 Å². The van der Waals surface area contributed by atoms with Gasteiger partial charge in [0.15, 0.2) is 0 Å². The molecule has 4 nitrogen and oxygen atoms in total. The minimum absolute atomic E-state index is 0.0407. The lowest BCUT2D eigenvalue weighted by Crippen LogP contribution is -2.25. The van der Waals surface area contributed by atoms with Gasteiger partial charge >= 0.3 is 0 Å². The molecule has 6 heterocycles. The summed E-state index contributed by atoms with van der Waals surface area (Å²) >= 11 is 10.0. The fourth-order valence-corrected chi connectivity index (χ4v) is 25.1. The third-order valence-electron chi connectivity index (χ3n) is 25.4. The lowest BCUT2D eigenvalue weighted by molar-refractivity contribution is 0.397. The van der Waals surface area contributed by atoms with Gasteiger partial charge in [0.2, 0.25) is 0 Å². The molecule has 0 saturated heterocycles. The molecule has 8 aromatic rings. The Morgan fingerprint density at radius 1 is 0.264 bits per heavy atom. The number of unbranched alkanes of at least 4 members (excludes halogenated alkanes) is 52. The van der Waals surface area contributed by atoms with E-state index in [1.807, 2.05) is 47.9 Å². The van der Waals surface area contributed by atoms with E-state index in [9.17, 15) is 0 Å². The Balaban J connectivity index is 0.000000253. The van der Waals surface area contributed by atoms with Crippen molar-refractivity contribution in [3.05, 3.63) is 91.2 Å². The Morgan fingerprint density at radius 3 is 0.864 bits per heavy atom. The molecule has 0 aliphatic heterocycles. The van der Waals surface area contributed by atoms with Crippen LogP contribution < -0.4 is 0 Å². The van der Waals surface area contributed by atoms with Crippen molar-refractivity contribution in [2.24, 2.45) is 0 Å². The molecule has 0 atom stereocenters. The SMILES string of the molecule is CCCCCCCCCCCCCCCCC1(CCCCCCCCCCCCCCCC)c2cc(C)sc2-c2sc(-c3c(F)cc(C)c4nsnc34)cc21.CCCCCCCCCCCCCCCCC1(CCCCCCCCCCCCCCCC)c2cc(C)sc2-c2sc(-c3cc(F)c(C)c4nsnc34)cc21. The second-order valence-electron chi connectivity index (χ2n) is 34.5. The van der Waals surface area contributed by atoms with Gasteiger partial charge in [0.1, 0.15) is 33.7 Å². The molecule has 2 aliphatic rings. The van der Waals surface area contributed by atoms with Crippen molar-refractivity contribution in [2.45, 2.75) is 451 Å². The Kier molecular flexibility index (Phi) is 42.1. The van der Waals surface area contributed by atoms with Crippen molar-refractivity contribution in [3.63, 3.8) is 0 Å². The molecule has 0 saturated carbocycles. The molecule has 12 heteroatoms. The normalized spacial score (nSPS) is 13.3. The second-order valence-corrected chi connectivity index (χ2v) is 40.1. The van der Waals surface area contributed by atoms with Crippen LogP contribution in [0, 0.1) is 39.3 Å². The van der Waals surface area contributed by atoms with Gasteiger partial charge < -0.3 is 0 Å². The highest BCUT2D eigenvalue weighted by Gasteiger charge is 2.47. The monoisotopic (exact) mass is 1610 g/mol. The molecule has 0 fully saturated rings. The summed E-state index contributed by atoms with van der Waals surface area (Å²) in [5.41, 5.74) is 12.5. The van der Waals surface area contributed by atoms with E-state index in [1.165, 1.54) is 449 Å². The quantitative estimate of drug-likeness (QED) is 0.0357. The maximum Gasteiger partial charge on any atom is 0.134 e. The smallest absolute Gasteiger partial charge is 0.134 e. The Hall–Kier alpha value is -3.26. The lowest BCUT2D eigenvalue weighted by Gasteiger charge is -2.31. The molecule has 110 heavy (non-hydrogen) atoms. The van der Waals surface area contributed by atoms with E-state index in [1.54, 1.807) is 34.6 Å². The molecule has 2 aliphatic carbocycles. The van der Waals surface area contributed by atoms with Crippen LogP contribution in [0.1, 0.15) is 456 Å². The van der Waals surface area contributed by atoms with Gasteiger partial charge in [0.05, 0.1) is 29.0 Å². The average molecular weight is 1610 g/mol. The number of halogens is 2. The summed E-state index contributed by atoms with van der Waals surface area (Å²) in [4.78, 5) is 10.8. The van der Waals surface area contributed by atoms with Gasteiger partial charge in [-0.25, -0.2) is 8.78 Å². The molecule has 0 spiro atoms. The number of rotatable bonds is 62. The predicted molar refractivity (Wildman–Crippen MR) is 488 cm³/mol. The van der Waals surface area contributed by atoms with Crippen molar-refractivity contribution in [1.29, 1.82) is 0 Å². The van der Waals surface area contributed by atoms with Crippen LogP contribution in [0.4, 0.5) is 8.78 Å². The number of hydrogen-bond donors (Lipinski definition) is 0. The third-order valence-corrected chi connectivity index (χ3v) is 31.2. The van der Waals surface area contributed by atoms with Gasteiger partial charge in [-0.05, 0) is 118 Å². The Labute approximate surface area is 694 Å². The van der Waals surface area contributed by atoms with Crippen LogP contribution in [0.25, 0.3) is 62.5 Å². The minimum Gasteiger partial charge on any atom is -0.207 e. The van der Waals surface area contributed by atoms with E-state index >= 15 is 8.78 Å². The first-order valence-electron chi connectivity index (χ1n) is 46.3. The summed E-state index contributed by atoms with van der Waals surface area (Å²) in [5, 5.41) is 0. The zero-order chi connectivity index (χ0) is 77.4. The number of aryl methyl sites for hydroxylation is 4.